The number of nitrogens with two attached hydrogens (primary N) is 1. The second-order valence-corrected chi connectivity index (χ2v) is 4.64. The van der Waals surface area contributed by atoms with Crippen LogP contribution in [0.4, 0.5) is 8.78 Å². The number of nitrogens with zero attached hydrogens (tertiary/aromatic N) is 2. The van der Waals surface area contributed by atoms with Crippen molar-refractivity contribution in [1.29, 1.82) is 0 Å². The first-order valence-electron chi connectivity index (χ1n) is 5.70. The van der Waals surface area contributed by atoms with Crippen LogP contribution >= 0.6 is 0 Å². The third-order valence-corrected chi connectivity index (χ3v) is 3.64. The summed E-state index contributed by atoms with van der Waals surface area (Å²) in [7, 11) is 1.54. The summed E-state index contributed by atoms with van der Waals surface area (Å²) >= 11 is 0. The Morgan fingerprint density at radius 2 is 2.35 bits per heavy atom. The Kier molecular flexibility index (Phi) is 3.33. The first-order valence-corrected chi connectivity index (χ1v) is 5.70. The smallest absolute Gasteiger partial charge is 0.281 e. The standard InChI is InChI=1S/C11H17F2N3O/c1-15-10(14)17-7-11-3-2-4-16(11)6-8(5-11)9(12)13/h2-7H2,1H3,(H2,14,15)/t11-/m0/s1. The molecule has 1 atom stereocenters. The fourth-order valence-electron chi connectivity index (χ4n) is 2.74. The molecule has 2 heterocycles. The molecule has 0 amide bonds. The summed E-state index contributed by atoms with van der Waals surface area (Å²) in [4.78, 5) is 5.78. The minimum atomic E-state index is -1.55. The molecule has 0 aromatic rings. The first-order chi connectivity index (χ1) is 8.07. The lowest BCUT2D eigenvalue weighted by Crippen LogP contribution is -2.43. The van der Waals surface area contributed by atoms with Crippen LogP contribution in [0.1, 0.15) is 19.3 Å². The fourth-order valence-corrected chi connectivity index (χ4v) is 2.74. The summed E-state index contributed by atoms with van der Waals surface area (Å²) in [6.07, 6.45) is 0.733. The van der Waals surface area contributed by atoms with Gasteiger partial charge in [-0.25, -0.2) is 4.99 Å². The van der Waals surface area contributed by atoms with E-state index in [1.165, 1.54) is 0 Å². The van der Waals surface area contributed by atoms with Gasteiger partial charge in [0.05, 0.1) is 5.54 Å². The van der Waals surface area contributed by atoms with Crippen LogP contribution in [0, 0.1) is 0 Å². The van der Waals surface area contributed by atoms with Crippen molar-refractivity contribution >= 4 is 6.02 Å². The van der Waals surface area contributed by atoms with Crippen molar-refractivity contribution in [2.45, 2.75) is 24.8 Å². The maximum Gasteiger partial charge on any atom is 0.281 e. The van der Waals surface area contributed by atoms with E-state index in [0.29, 0.717) is 19.6 Å². The molecule has 0 aromatic heterocycles. The van der Waals surface area contributed by atoms with E-state index in [1.54, 1.807) is 7.05 Å². The predicted octanol–water partition coefficient (Wildman–Crippen LogP) is 1.34. The van der Waals surface area contributed by atoms with Crippen LogP contribution in [0.2, 0.25) is 0 Å². The summed E-state index contributed by atoms with van der Waals surface area (Å²) < 4.78 is 30.6. The molecular formula is C11H17F2N3O. The summed E-state index contributed by atoms with van der Waals surface area (Å²) in [5, 5.41) is 0. The second kappa shape index (κ2) is 4.60. The van der Waals surface area contributed by atoms with Gasteiger partial charge in [0, 0.05) is 19.2 Å². The lowest BCUT2D eigenvalue weighted by atomic mass is 9.94. The van der Waals surface area contributed by atoms with E-state index < -0.39 is 6.08 Å². The highest BCUT2D eigenvalue weighted by atomic mass is 19.3. The average Bonchev–Trinajstić information content (AvgIpc) is 2.82. The van der Waals surface area contributed by atoms with Crippen LogP contribution in [0.3, 0.4) is 0 Å². The molecule has 4 nitrogen and oxygen atoms in total. The van der Waals surface area contributed by atoms with Gasteiger partial charge in [0.2, 0.25) is 0 Å². The number of fused-ring (bicyclic) bond motifs is 1. The van der Waals surface area contributed by atoms with Crippen molar-refractivity contribution in [3.8, 4) is 0 Å². The number of ether oxygens (including phenoxy) is 1. The molecule has 0 unspecified atom stereocenters. The van der Waals surface area contributed by atoms with Crippen LogP contribution in [-0.4, -0.2) is 43.2 Å². The number of hydrogen-bond donors (Lipinski definition) is 1. The van der Waals surface area contributed by atoms with Crippen LogP contribution in [0.25, 0.3) is 0 Å². The van der Waals surface area contributed by atoms with E-state index in [2.05, 4.69) is 9.89 Å². The zero-order valence-corrected chi connectivity index (χ0v) is 9.88. The molecule has 2 rings (SSSR count). The van der Waals surface area contributed by atoms with Gasteiger partial charge in [0.25, 0.3) is 12.1 Å². The molecule has 96 valence electrons. The largest absolute Gasteiger partial charge is 0.463 e. The maximum absolute atomic E-state index is 12.6. The van der Waals surface area contributed by atoms with Gasteiger partial charge in [-0.1, -0.05) is 0 Å². The Bertz CT molecular complexity index is 366. The van der Waals surface area contributed by atoms with E-state index in [9.17, 15) is 8.78 Å². The van der Waals surface area contributed by atoms with E-state index in [4.69, 9.17) is 10.5 Å². The van der Waals surface area contributed by atoms with Crippen molar-refractivity contribution in [3.05, 3.63) is 11.7 Å². The summed E-state index contributed by atoms with van der Waals surface area (Å²) in [5.41, 5.74) is 5.41. The molecule has 2 aliphatic rings. The topological polar surface area (TPSA) is 50.9 Å². The van der Waals surface area contributed by atoms with Gasteiger partial charge in [0.1, 0.15) is 6.61 Å². The molecule has 2 aliphatic heterocycles. The van der Waals surface area contributed by atoms with Crippen molar-refractivity contribution < 1.29 is 13.5 Å². The zero-order chi connectivity index (χ0) is 12.5. The quantitative estimate of drug-likeness (QED) is 0.590. The predicted molar refractivity (Wildman–Crippen MR) is 60.9 cm³/mol. The van der Waals surface area contributed by atoms with Gasteiger partial charge in [-0.05, 0) is 25.8 Å². The molecule has 0 bridgehead atoms. The third-order valence-electron chi connectivity index (χ3n) is 3.64. The molecule has 17 heavy (non-hydrogen) atoms. The molecule has 0 radical (unpaired) electrons. The highest BCUT2D eigenvalue weighted by Gasteiger charge is 2.48. The van der Waals surface area contributed by atoms with Gasteiger partial charge >= 0.3 is 0 Å². The molecular weight excluding hydrogens is 228 g/mol. The second-order valence-electron chi connectivity index (χ2n) is 4.64. The van der Waals surface area contributed by atoms with Gasteiger partial charge in [-0.3, -0.25) is 4.90 Å². The first kappa shape index (κ1) is 12.3. The normalized spacial score (nSPS) is 29.6. The fraction of sp³-hybridized carbons (Fsp3) is 0.727. The SMILES string of the molecule is CN=C(N)OC[C@@]12CCCN1CC(=C(F)F)C2. The van der Waals surface area contributed by atoms with E-state index in [-0.39, 0.29) is 17.1 Å². The number of amidine groups is 1. The monoisotopic (exact) mass is 245 g/mol. The molecule has 2 fully saturated rings. The van der Waals surface area contributed by atoms with Gasteiger partial charge < -0.3 is 10.5 Å². The van der Waals surface area contributed by atoms with Crippen LogP contribution in [0.15, 0.2) is 16.6 Å². The zero-order valence-electron chi connectivity index (χ0n) is 9.88. The molecule has 0 aromatic carbocycles. The van der Waals surface area contributed by atoms with Crippen molar-refractivity contribution in [3.63, 3.8) is 0 Å². The minimum Gasteiger partial charge on any atom is -0.463 e. The summed E-state index contributed by atoms with van der Waals surface area (Å²) in [6, 6.07) is 0.115. The Labute approximate surface area is 99.1 Å². The van der Waals surface area contributed by atoms with Gasteiger partial charge in [0.15, 0.2) is 0 Å². The van der Waals surface area contributed by atoms with E-state index in [1.807, 2.05) is 0 Å². The third kappa shape index (κ3) is 2.26. The van der Waals surface area contributed by atoms with Crippen molar-refractivity contribution in [1.82, 2.24) is 4.90 Å². The molecule has 6 heteroatoms. The number of rotatable bonds is 2. The summed E-state index contributed by atoms with van der Waals surface area (Å²) in [5.74, 6) is 0. The Morgan fingerprint density at radius 1 is 1.59 bits per heavy atom. The molecule has 2 saturated heterocycles. The molecule has 2 N–H and O–H groups in total. The van der Waals surface area contributed by atoms with Gasteiger partial charge in [-0.15, -0.1) is 0 Å². The summed E-state index contributed by atoms with van der Waals surface area (Å²) in [6.45, 7) is 1.55. The van der Waals surface area contributed by atoms with Crippen LogP contribution < -0.4 is 5.73 Å². The van der Waals surface area contributed by atoms with E-state index >= 15 is 0 Å². The minimum absolute atomic E-state index is 0.115. The lowest BCUT2D eigenvalue weighted by Gasteiger charge is -2.30. The highest BCUT2D eigenvalue weighted by Crippen LogP contribution is 2.42. The number of hydrogen-bond acceptors (Lipinski definition) is 3. The highest BCUT2D eigenvalue weighted by molar-refractivity contribution is 5.71. The number of aliphatic imine (C=N–C) groups is 1. The Balaban J connectivity index is 2.09. The van der Waals surface area contributed by atoms with Crippen LogP contribution in [-0.2, 0) is 4.74 Å². The van der Waals surface area contributed by atoms with Crippen molar-refractivity contribution in [2.75, 3.05) is 26.7 Å². The van der Waals surface area contributed by atoms with Gasteiger partial charge in [-0.2, -0.15) is 8.78 Å². The Morgan fingerprint density at radius 3 is 3.00 bits per heavy atom. The van der Waals surface area contributed by atoms with Crippen molar-refractivity contribution in [2.24, 2.45) is 10.7 Å². The maximum atomic E-state index is 12.6. The average molecular weight is 245 g/mol. The van der Waals surface area contributed by atoms with E-state index in [0.717, 1.165) is 19.4 Å². The molecule has 0 saturated carbocycles. The number of halogens is 2. The molecule has 0 aliphatic carbocycles. The Hall–Kier alpha value is -1.17. The van der Waals surface area contributed by atoms with Crippen LogP contribution in [0.5, 0.6) is 0 Å². The molecule has 0 spiro atoms. The lowest BCUT2D eigenvalue weighted by molar-refractivity contribution is 0.106.